The maximum Gasteiger partial charge on any atom is 0.137 e. The summed E-state index contributed by atoms with van der Waals surface area (Å²) in [5, 5.41) is 3.59. The van der Waals surface area contributed by atoms with Crippen molar-refractivity contribution in [2.24, 2.45) is 5.92 Å². The fourth-order valence-electron chi connectivity index (χ4n) is 4.08. The van der Waals surface area contributed by atoms with Crippen LogP contribution >= 0.6 is 0 Å². The van der Waals surface area contributed by atoms with Gasteiger partial charge in [-0.1, -0.05) is 0 Å². The van der Waals surface area contributed by atoms with E-state index in [0.29, 0.717) is 6.04 Å². The van der Waals surface area contributed by atoms with Gasteiger partial charge < -0.3 is 14.8 Å². The Morgan fingerprint density at radius 2 is 2.17 bits per heavy atom. The Morgan fingerprint density at radius 1 is 1.25 bits per heavy atom. The van der Waals surface area contributed by atoms with Crippen LogP contribution in [0.1, 0.15) is 19.3 Å². The van der Waals surface area contributed by atoms with Crippen LogP contribution in [0.4, 0.5) is 5.69 Å². The molecule has 1 unspecified atom stereocenters. The van der Waals surface area contributed by atoms with Gasteiger partial charge in [-0.3, -0.25) is 4.98 Å². The summed E-state index contributed by atoms with van der Waals surface area (Å²) in [5.74, 6) is 0.953. The third-order valence-electron chi connectivity index (χ3n) is 5.65. The number of aromatic amines is 1. The molecular formula is C19H23N5. The summed E-state index contributed by atoms with van der Waals surface area (Å²) in [6, 6.07) is 2.78. The highest BCUT2D eigenvalue weighted by molar-refractivity contribution is 6.10. The Hall–Kier alpha value is -2.14. The van der Waals surface area contributed by atoms with Crippen LogP contribution in [0.3, 0.4) is 0 Å². The molecule has 5 heteroatoms. The fraction of sp³-hybridized carbons (Fsp3) is 0.474. The number of anilines is 1. The van der Waals surface area contributed by atoms with E-state index in [1.807, 2.05) is 24.8 Å². The molecule has 24 heavy (non-hydrogen) atoms. The molecule has 5 rings (SSSR count). The molecule has 0 aromatic carbocycles. The van der Waals surface area contributed by atoms with E-state index in [2.05, 4.69) is 37.9 Å². The molecule has 124 valence electrons. The SMILES string of the molecule is CN(CC1CC1)C1CCN(c2cncc3cnc4[nH]ccc4c23)C1. The lowest BCUT2D eigenvalue weighted by molar-refractivity contribution is 0.249. The van der Waals surface area contributed by atoms with Crippen molar-refractivity contribution in [1.82, 2.24) is 19.9 Å². The van der Waals surface area contributed by atoms with E-state index in [0.717, 1.165) is 30.0 Å². The first-order chi connectivity index (χ1) is 11.8. The molecule has 0 bridgehead atoms. The first-order valence-electron chi connectivity index (χ1n) is 8.94. The number of aromatic nitrogens is 3. The van der Waals surface area contributed by atoms with Crippen LogP contribution < -0.4 is 4.90 Å². The summed E-state index contributed by atoms with van der Waals surface area (Å²) < 4.78 is 0. The van der Waals surface area contributed by atoms with E-state index >= 15 is 0 Å². The Balaban J connectivity index is 1.49. The molecule has 0 spiro atoms. The molecule has 1 N–H and O–H groups in total. The minimum Gasteiger partial charge on any atom is -0.368 e. The van der Waals surface area contributed by atoms with Gasteiger partial charge in [0, 0.05) is 60.4 Å². The Kier molecular flexibility index (Phi) is 3.23. The Bertz CT molecular complexity index is 882. The van der Waals surface area contributed by atoms with Crippen LogP contribution in [0.15, 0.2) is 30.9 Å². The highest BCUT2D eigenvalue weighted by Crippen LogP contribution is 2.35. The molecule has 2 aliphatic rings. The molecule has 5 nitrogen and oxygen atoms in total. The summed E-state index contributed by atoms with van der Waals surface area (Å²) in [6.45, 7) is 3.46. The predicted octanol–water partition coefficient (Wildman–Crippen LogP) is 3.03. The van der Waals surface area contributed by atoms with Crippen molar-refractivity contribution in [3.05, 3.63) is 30.9 Å². The van der Waals surface area contributed by atoms with Crippen molar-refractivity contribution in [3.8, 4) is 0 Å². The fourth-order valence-corrected chi connectivity index (χ4v) is 4.08. The van der Waals surface area contributed by atoms with E-state index in [-0.39, 0.29) is 0 Å². The zero-order valence-electron chi connectivity index (χ0n) is 14.1. The van der Waals surface area contributed by atoms with Gasteiger partial charge in [0.15, 0.2) is 0 Å². The monoisotopic (exact) mass is 321 g/mol. The molecule has 0 amide bonds. The van der Waals surface area contributed by atoms with Gasteiger partial charge in [0.2, 0.25) is 0 Å². The highest BCUT2D eigenvalue weighted by Gasteiger charge is 2.31. The average molecular weight is 321 g/mol. The standard InChI is InChI=1S/C19H23N5/c1-23(11-13-2-3-13)15-5-7-24(12-15)17-10-20-8-14-9-22-19-16(18(14)17)4-6-21-19/h4,6,8-10,13,15H,2-3,5,7,11-12H2,1H3,(H,21,22). The third kappa shape index (κ3) is 2.35. The van der Waals surface area contributed by atoms with Crippen LogP contribution in [0, 0.1) is 5.92 Å². The van der Waals surface area contributed by atoms with Crippen LogP contribution in [-0.2, 0) is 0 Å². The van der Waals surface area contributed by atoms with Crippen molar-refractivity contribution < 1.29 is 0 Å². The smallest absolute Gasteiger partial charge is 0.137 e. The van der Waals surface area contributed by atoms with E-state index in [1.165, 1.54) is 42.3 Å². The van der Waals surface area contributed by atoms with Crippen molar-refractivity contribution in [1.29, 1.82) is 0 Å². The number of nitrogens with one attached hydrogen (secondary N) is 1. The molecular weight excluding hydrogens is 298 g/mol. The molecule has 0 radical (unpaired) electrons. The summed E-state index contributed by atoms with van der Waals surface area (Å²) in [6.07, 6.45) is 11.9. The zero-order valence-corrected chi connectivity index (χ0v) is 14.1. The maximum absolute atomic E-state index is 4.50. The number of likely N-dealkylation sites (N-methyl/N-ethyl adjacent to an activating group) is 1. The first kappa shape index (κ1) is 14.2. The second kappa shape index (κ2) is 5.45. The number of H-pyrrole nitrogens is 1. The Labute approximate surface area is 141 Å². The summed E-state index contributed by atoms with van der Waals surface area (Å²) in [7, 11) is 2.29. The third-order valence-corrected chi connectivity index (χ3v) is 5.65. The second-order valence-corrected chi connectivity index (χ2v) is 7.39. The van der Waals surface area contributed by atoms with Crippen LogP contribution in [0.2, 0.25) is 0 Å². The maximum atomic E-state index is 4.50. The number of nitrogens with zero attached hydrogens (tertiary/aromatic N) is 4. The molecule has 1 saturated carbocycles. The van der Waals surface area contributed by atoms with E-state index in [4.69, 9.17) is 0 Å². The van der Waals surface area contributed by atoms with Gasteiger partial charge >= 0.3 is 0 Å². The molecule has 1 atom stereocenters. The van der Waals surface area contributed by atoms with Gasteiger partial charge in [-0.05, 0) is 38.3 Å². The van der Waals surface area contributed by atoms with Crippen LogP contribution in [-0.4, -0.2) is 52.6 Å². The van der Waals surface area contributed by atoms with E-state index < -0.39 is 0 Å². The molecule has 3 aromatic heterocycles. The van der Waals surface area contributed by atoms with Crippen molar-refractivity contribution >= 4 is 27.5 Å². The number of hydrogen-bond acceptors (Lipinski definition) is 4. The van der Waals surface area contributed by atoms with Crippen LogP contribution in [0.5, 0.6) is 0 Å². The minimum absolute atomic E-state index is 0.657. The van der Waals surface area contributed by atoms with Gasteiger partial charge in [-0.15, -0.1) is 0 Å². The number of hydrogen-bond donors (Lipinski definition) is 1. The number of pyridine rings is 2. The second-order valence-electron chi connectivity index (χ2n) is 7.39. The lowest BCUT2D eigenvalue weighted by Crippen LogP contribution is -2.35. The molecule has 4 heterocycles. The molecule has 1 saturated heterocycles. The Morgan fingerprint density at radius 3 is 3.04 bits per heavy atom. The van der Waals surface area contributed by atoms with E-state index in [9.17, 15) is 0 Å². The summed E-state index contributed by atoms with van der Waals surface area (Å²) in [4.78, 5) is 17.3. The first-order valence-corrected chi connectivity index (χ1v) is 8.94. The van der Waals surface area contributed by atoms with Gasteiger partial charge in [0.1, 0.15) is 5.65 Å². The predicted molar refractivity (Wildman–Crippen MR) is 97.4 cm³/mol. The van der Waals surface area contributed by atoms with Crippen molar-refractivity contribution in [2.45, 2.75) is 25.3 Å². The lowest BCUT2D eigenvalue weighted by atomic mass is 10.1. The quantitative estimate of drug-likeness (QED) is 0.802. The van der Waals surface area contributed by atoms with Crippen LogP contribution in [0.25, 0.3) is 21.8 Å². The summed E-state index contributed by atoms with van der Waals surface area (Å²) >= 11 is 0. The van der Waals surface area contributed by atoms with Crippen molar-refractivity contribution in [3.63, 3.8) is 0 Å². The normalized spacial score (nSPS) is 21.4. The number of rotatable bonds is 4. The molecule has 1 aliphatic heterocycles. The highest BCUT2D eigenvalue weighted by atomic mass is 15.2. The average Bonchev–Trinajstić information content (AvgIpc) is 3.12. The van der Waals surface area contributed by atoms with Gasteiger partial charge in [-0.25, -0.2) is 4.98 Å². The lowest BCUT2D eigenvalue weighted by Gasteiger charge is -2.25. The van der Waals surface area contributed by atoms with Gasteiger partial charge in [0.25, 0.3) is 0 Å². The molecule has 2 fully saturated rings. The largest absolute Gasteiger partial charge is 0.368 e. The topological polar surface area (TPSA) is 48.1 Å². The minimum atomic E-state index is 0.657. The van der Waals surface area contributed by atoms with E-state index in [1.54, 1.807) is 0 Å². The van der Waals surface area contributed by atoms with Crippen molar-refractivity contribution in [2.75, 3.05) is 31.6 Å². The summed E-state index contributed by atoms with van der Waals surface area (Å²) in [5.41, 5.74) is 2.21. The zero-order chi connectivity index (χ0) is 16.1. The molecule has 3 aromatic rings. The molecule has 1 aliphatic carbocycles. The number of fused-ring (bicyclic) bond motifs is 3. The van der Waals surface area contributed by atoms with Gasteiger partial charge in [0.05, 0.1) is 11.9 Å². The van der Waals surface area contributed by atoms with Gasteiger partial charge in [-0.2, -0.15) is 0 Å².